The maximum absolute atomic E-state index is 14.4. The van der Waals surface area contributed by atoms with Gasteiger partial charge in [0.1, 0.15) is 42.4 Å². The van der Waals surface area contributed by atoms with Crippen LogP contribution < -0.4 is 36.9 Å². The molecule has 6 rings (SSSR count). The van der Waals surface area contributed by atoms with E-state index in [2.05, 4.69) is 32.1 Å². The number of nitriles is 1. The number of nitrogens with two attached hydrogens (primary N) is 2. The van der Waals surface area contributed by atoms with Crippen molar-refractivity contribution in [3.8, 4) is 28.7 Å². The highest BCUT2D eigenvalue weighted by Crippen LogP contribution is 2.37. The van der Waals surface area contributed by atoms with E-state index in [0.29, 0.717) is 67.8 Å². The summed E-state index contributed by atoms with van der Waals surface area (Å²) in [7, 11) is 3.25. The molecule has 0 spiro atoms. The number of ether oxygens (including phenoxy) is 6. The van der Waals surface area contributed by atoms with Gasteiger partial charge in [-0.25, -0.2) is 9.37 Å². The standard InChI is InChI=1S/C53H70FN11O11/c1-32(58-6)50(68)61-47(53(3,4)5)52(70)64-30-36-24-38(10-8-34(36)25-42(64)49(57)67)75-23-22-74-21-20-73-19-18-72-17-16-71-15-12-45(66)59-13-14-65-43-31-63(7)51(69)39-11-9-37(54)27-40(39)33(2)76-44-26-35(29-60-48(44)56)46(43)41(28-55)62-65/h8-11,24,26-27,29,32-33,42,47,58H,12-23,25,30-31H2,1-7H3,(H2,56,60)(H2,57,67)(H,59,66)(H,61,68)/t32-,33-,42-,47+/m1/s1. The van der Waals surface area contributed by atoms with Gasteiger partial charge in [-0.05, 0) is 73.8 Å². The lowest BCUT2D eigenvalue weighted by molar-refractivity contribution is -0.146. The van der Waals surface area contributed by atoms with Crippen LogP contribution in [0.3, 0.4) is 0 Å². The third-order valence-electron chi connectivity index (χ3n) is 12.9. The minimum absolute atomic E-state index is 0.0214. The second kappa shape index (κ2) is 27.0. The molecule has 4 heterocycles. The highest BCUT2D eigenvalue weighted by atomic mass is 19.1. The number of aromatic nitrogens is 3. The number of hydrogen-bond acceptors (Lipinski definition) is 16. The first-order valence-corrected chi connectivity index (χ1v) is 25.2. The maximum atomic E-state index is 14.4. The number of benzene rings is 2. The number of pyridine rings is 1. The summed E-state index contributed by atoms with van der Waals surface area (Å²) in [6.07, 6.45) is 1.06. The molecule has 2 aromatic carbocycles. The van der Waals surface area contributed by atoms with Crippen LogP contribution in [0, 0.1) is 22.6 Å². The number of likely N-dealkylation sites (N-methyl/N-ethyl adjacent to an activating group) is 1. The Morgan fingerprint density at radius 3 is 2.26 bits per heavy atom. The van der Waals surface area contributed by atoms with E-state index in [1.54, 1.807) is 44.8 Å². The third kappa shape index (κ3) is 15.2. The summed E-state index contributed by atoms with van der Waals surface area (Å²) >= 11 is 0. The average Bonchev–Trinajstić information content (AvgIpc) is 3.74. The number of nitrogens with one attached hydrogen (secondary N) is 3. The van der Waals surface area contributed by atoms with Gasteiger partial charge < -0.3 is 65.6 Å². The number of nitrogens with zero attached hydrogens (tertiary/aromatic N) is 6. The number of carbonyl (C=O) groups excluding carboxylic acids is 5. The van der Waals surface area contributed by atoms with Crippen LogP contribution in [0.5, 0.6) is 11.5 Å². The Labute approximate surface area is 441 Å². The zero-order chi connectivity index (χ0) is 55.1. The second-order valence-corrected chi connectivity index (χ2v) is 19.5. The van der Waals surface area contributed by atoms with Crippen molar-refractivity contribution in [3.63, 3.8) is 0 Å². The number of fused-ring (bicyclic) bond motifs is 6. The van der Waals surface area contributed by atoms with Gasteiger partial charge in [-0.15, -0.1) is 0 Å². The molecule has 2 bridgehead atoms. The van der Waals surface area contributed by atoms with Crippen molar-refractivity contribution < 1.29 is 56.8 Å². The molecule has 7 N–H and O–H groups in total. The topological polar surface area (TPSA) is 290 Å². The molecular formula is C53H70FN11O11. The van der Waals surface area contributed by atoms with Crippen LogP contribution in [0.15, 0.2) is 48.7 Å². The fraction of sp³-hybridized carbons (Fsp3) is 0.509. The van der Waals surface area contributed by atoms with Crippen molar-refractivity contribution >= 4 is 35.4 Å². The van der Waals surface area contributed by atoms with E-state index in [1.165, 1.54) is 34.2 Å². The summed E-state index contributed by atoms with van der Waals surface area (Å²) in [5, 5.41) is 23.3. The number of primary amides is 1. The molecule has 22 nitrogen and oxygen atoms in total. The Morgan fingerprint density at radius 1 is 0.947 bits per heavy atom. The predicted octanol–water partition coefficient (Wildman–Crippen LogP) is 2.79. The van der Waals surface area contributed by atoms with Crippen LogP contribution in [0.2, 0.25) is 0 Å². The molecule has 0 aliphatic carbocycles. The number of carbonyl (C=O) groups is 5. The number of halogens is 1. The first-order valence-electron chi connectivity index (χ1n) is 25.2. The van der Waals surface area contributed by atoms with Gasteiger partial charge in [-0.1, -0.05) is 26.8 Å². The molecule has 2 aliphatic heterocycles. The van der Waals surface area contributed by atoms with Crippen LogP contribution in [0.4, 0.5) is 10.2 Å². The lowest BCUT2D eigenvalue weighted by Gasteiger charge is -2.40. The minimum atomic E-state index is -0.896. The predicted molar refractivity (Wildman–Crippen MR) is 276 cm³/mol. The zero-order valence-corrected chi connectivity index (χ0v) is 44.2. The Hall–Kier alpha value is -7.23. The van der Waals surface area contributed by atoms with Gasteiger partial charge in [0.15, 0.2) is 17.3 Å². The number of anilines is 1. The zero-order valence-electron chi connectivity index (χ0n) is 44.2. The van der Waals surface area contributed by atoms with Crippen molar-refractivity contribution in [2.75, 3.05) is 85.8 Å². The second-order valence-electron chi connectivity index (χ2n) is 19.5. The molecule has 0 fully saturated rings. The Morgan fingerprint density at radius 2 is 1.62 bits per heavy atom. The van der Waals surface area contributed by atoms with Crippen molar-refractivity contribution in [1.82, 2.24) is 40.5 Å². The highest BCUT2D eigenvalue weighted by Gasteiger charge is 2.42. The van der Waals surface area contributed by atoms with Crippen LogP contribution in [-0.4, -0.2) is 152 Å². The highest BCUT2D eigenvalue weighted by molar-refractivity contribution is 5.96. The monoisotopic (exact) mass is 1060 g/mol. The number of amides is 5. The van der Waals surface area contributed by atoms with E-state index in [4.69, 9.17) is 39.9 Å². The van der Waals surface area contributed by atoms with E-state index in [1.807, 2.05) is 32.9 Å². The minimum Gasteiger partial charge on any atom is -0.491 e. The fourth-order valence-electron chi connectivity index (χ4n) is 8.61. The van der Waals surface area contributed by atoms with Crippen LogP contribution in [0.1, 0.15) is 85.6 Å². The molecule has 0 radical (unpaired) electrons. The number of nitrogen functional groups attached to an aromatic ring is 1. The number of hydrogen-bond donors (Lipinski definition) is 5. The quantitative estimate of drug-likeness (QED) is 0.0631. The van der Waals surface area contributed by atoms with Gasteiger partial charge >= 0.3 is 0 Å². The van der Waals surface area contributed by atoms with Crippen molar-refractivity contribution in [2.45, 2.75) is 91.3 Å². The van der Waals surface area contributed by atoms with Crippen LogP contribution >= 0.6 is 0 Å². The van der Waals surface area contributed by atoms with E-state index >= 15 is 0 Å². The molecule has 0 saturated heterocycles. The van der Waals surface area contributed by atoms with Gasteiger partial charge in [0.25, 0.3) is 5.91 Å². The van der Waals surface area contributed by atoms with E-state index in [9.17, 15) is 33.6 Å². The molecule has 23 heteroatoms. The molecule has 0 saturated carbocycles. The van der Waals surface area contributed by atoms with Gasteiger partial charge in [0.2, 0.25) is 23.6 Å². The molecule has 0 unspecified atom stereocenters. The van der Waals surface area contributed by atoms with Crippen LogP contribution in [-0.2, 0) is 64.2 Å². The summed E-state index contributed by atoms with van der Waals surface area (Å²) < 4.78 is 50.5. The molecule has 76 heavy (non-hydrogen) atoms. The lowest BCUT2D eigenvalue weighted by atomic mass is 9.84. The summed E-state index contributed by atoms with van der Waals surface area (Å²) in [6.45, 7) is 12.1. The molecule has 5 amide bonds. The van der Waals surface area contributed by atoms with E-state index in [-0.39, 0.29) is 93.5 Å². The molecular weight excluding hydrogens is 986 g/mol. The van der Waals surface area contributed by atoms with Gasteiger partial charge in [-0.3, -0.25) is 28.7 Å². The van der Waals surface area contributed by atoms with Gasteiger partial charge in [-0.2, -0.15) is 10.4 Å². The molecule has 2 aromatic heterocycles. The largest absolute Gasteiger partial charge is 0.491 e. The number of rotatable bonds is 24. The Kier molecular flexibility index (Phi) is 20.6. The molecule has 4 atom stereocenters. The summed E-state index contributed by atoms with van der Waals surface area (Å²) in [5.74, 6) is -1.70. The first kappa shape index (κ1) is 58.0. The first-order chi connectivity index (χ1) is 36.3. The van der Waals surface area contributed by atoms with E-state index in [0.717, 1.165) is 11.1 Å². The maximum Gasteiger partial charge on any atom is 0.254 e. The average molecular weight is 1060 g/mol. The Balaban J connectivity index is 0.850. The van der Waals surface area contributed by atoms with Crippen molar-refractivity contribution in [2.24, 2.45) is 11.1 Å². The summed E-state index contributed by atoms with van der Waals surface area (Å²) in [5.41, 5.74) is 15.1. The van der Waals surface area contributed by atoms with Crippen molar-refractivity contribution in [3.05, 3.63) is 88.1 Å². The lowest BCUT2D eigenvalue weighted by Crippen LogP contribution is -2.61. The molecule has 410 valence electrons. The van der Waals surface area contributed by atoms with Gasteiger partial charge in [0, 0.05) is 61.4 Å². The van der Waals surface area contributed by atoms with Crippen molar-refractivity contribution in [1.29, 1.82) is 5.26 Å². The summed E-state index contributed by atoms with van der Waals surface area (Å²) in [6, 6.07) is 10.9. The fourth-order valence-corrected chi connectivity index (χ4v) is 8.61. The van der Waals surface area contributed by atoms with Crippen LogP contribution in [0.25, 0.3) is 11.1 Å². The molecule has 2 aliphatic rings. The SMILES string of the molecule is CN[C@H](C)C(=O)N[C@@H](C(=O)N1Cc2cc(OCCOCCOCCOCCOCCC(=O)NCCn3nc(C#N)c4c3CN(C)C(=O)c3ccc(F)cc3[C@@H](C)Oc3cc-4cnc3N)ccc2C[C@@H]1C(N)=O)C(C)(C)C. The Bertz CT molecular complexity index is 2740. The summed E-state index contributed by atoms with van der Waals surface area (Å²) in [4.78, 5) is 73.1. The van der Waals surface area contributed by atoms with Gasteiger partial charge in [0.05, 0.1) is 77.7 Å². The third-order valence-corrected chi connectivity index (χ3v) is 12.9. The normalized spacial score (nSPS) is 16.1. The van der Waals surface area contributed by atoms with E-state index < -0.39 is 53.2 Å². The smallest absolute Gasteiger partial charge is 0.254 e. The molecule has 4 aromatic rings.